The number of anilines is 2. The number of aryl methyl sites for hydroxylation is 1. The second-order valence-corrected chi connectivity index (χ2v) is 9.23. The van der Waals surface area contributed by atoms with E-state index in [4.69, 9.17) is 4.74 Å². The van der Waals surface area contributed by atoms with E-state index in [2.05, 4.69) is 26.9 Å². The van der Waals surface area contributed by atoms with Gasteiger partial charge in [-0.1, -0.05) is 55.5 Å². The molecule has 4 aromatic rings. The van der Waals surface area contributed by atoms with Gasteiger partial charge in [-0.25, -0.2) is 4.39 Å². The summed E-state index contributed by atoms with van der Waals surface area (Å²) in [5.74, 6) is 1.05. The molecule has 1 aliphatic heterocycles. The number of hydrogen-bond acceptors (Lipinski definition) is 6. The fourth-order valence-electron chi connectivity index (χ4n) is 4.99. The van der Waals surface area contributed by atoms with Crippen LogP contribution >= 0.6 is 0 Å². The first-order valence-electron chi connectivity index (χ1n) is 12.7. The van der Waals surface area contributed by atoms with Crippen molar-refractivity contribution < 1.29 is 14.1 Å². The number of aromatic nitrogens is 2. The van der Waals surface area contributed by atoms with Crippen molar-refractivity contribution in [3.05, 3.63) is 100 Å². The van der Waals surface area contributed by atoms with Gasteiger partial charge in [0.05, 0.1) is 13.7 Å². The summed E-state index contributed by atoms with van der Waals surface area (Å²) in [5, 5.41) is 12.0. The van der Waals surface area contributed by atoms with E-state index in [1.165, 1.54) is 13.2 Å². The number of hydrogen-bond donors (Lipinski definition) is 0. The van der Waals surface area contributed by atoms with E-state index < -0.39 is 0 Å². The summed E-state index contributed by atoms with van der Waals surface area (Å²) >= 11 is 0. The van der Waals surface area contributed by atoms with E-state index in [9.17, 15) is 14.5 Å². The highest BCUT2D eigenvalue weighted by Crippen LogP contribution is 2.33. The summed E-state index contributed by atoms with van der Waals surface area (Å²) in [5.41, 5.74) is 4.00. The Morgan fingerprint density at radius 2 is 1.61 bits per heavy atom. The number of methoxy groups -OCH3 is 1. The van der Waals surface area contributed by atoms with Gasteiger partial charge in [-0.15, -0.1) is 0 Å². The molecule has 0 aliphatic carbocycles. The van der Waals surface area contributed by atoms with Crippen molar-refractivity contribution in [2.24, 2.45) is 0 Å². The van der Waals surface area contributed by atoms with E-state index in [0.717, 1.165) is 35.5 Å². The maximum absolute atomic E-state index is 13.8. The zero-order valence-electron chi connectivity index (χ0n) is 21.5. The summed E-state index contributed by atoms with van der Waals surface area (Å²) in [6.07, 6.45) is 0.611. The number of rotatable bonds is 8. The van der Waals surface area contributed by atoms with Gasteiger partial charge in [-0.3, -0.25) is 4.57 Å². The molecule has 0 bridgehead atoms. The predicted molar refractivity (Wildman–Crippen MR) is 147 cm³/mol. The van der Waals surface area contributed by atoms with Crippen LogP contribution in [0, 0.1) is 15.9 Å². The highest BCUT2D eigenvalue weighted by atomic mass is 19.1. The van der Waals surface area contributed by atoms with Gasteiger partial charge >= 0.3 is 5.82 Å². The summed E-state index contributed by atoms with van der Waals surface area (Å²) < 4.78 is 20.9. The third-order valence-corrected chi connectivity index (χ3v) is 6.97. The number of nitro groups is 1. The molecule has 3 aromatic carbocycles. The first-order chi connectivity index (χ1) is 18.5. The Morgan fingerprint density at radius 3 is 2.24 bits per heavy atom. The van der Waals surface area contributed by atoms with Crippen LogP contribution in [0.1, 0.15) is 18.3 Å². The number of halogens is 1. The van der Waals surface area contributed by atoms with Crippen LogP contribution in [0.25, 0.3) is 11.1 Å². The Kier molecular flexibility index (Phi) is 7.26. The molecule has 38 heavy (non-hydrogen) atoms. The molecule has 196 valence electrons. The molecule has 1 fully saturated rings. The van der Waals surface area contributed by atoms with Crippen molar-refractivity contribution in [1.29, 1.82) is 0 Å². The molecule has 0 unspecified atom stereocenters. The Balaban J connectivity index is 1.34. The van der Waals surface area contributed by atoms with Crippen LogP contribution in [0.15, 0.2) is 72.8 Å². The minimum atomic E-state index is -0.387. The van der Waals surface area contributed by atoms with Crippen LogP contribution in [0.3, 0.4) is 0 Å². The molecule has 1 aliphatic rings. The SMILES string of the molecule is CCc1nc([N+](=O)[O-])c(N2CCN(c3ccc(-c4ccc(F)c(OC)c4)cc3)CC2)n1Cc1ccccc1. The lowest BCUT2D eigenvalue weighted by atomic mass is 10.0. The maximum Gasteiger partial charge on any atom is 0.406 e. The molecule has 8 nitrogen and oxygen atoms in total. The van der Waals surface area contributed by atoms with Gasteiger partial charge in [-0.2, -0.15) is 0 Å². The molecular formula is C29H30FN5O3. The summed E-state index contributed by atoms with van der Waals surface area (Å²) in [6.45, 7) is 5.23. The Morgan fingerprint density at radius 1 is 0.947 bits per heavy atom. The fraction of sp³-hybridized carbons (Fsp3) is 0.276. The van der Waals surface area contributed by atoms with Gasteiger partial charge in [0.15, 0.2) is 11.6 Å². The van der Waals surface area contributed by atoms with Gasteiger partial charge in [0.25, 0.3) is 0 Å². The van der Waals surface area contributed by atoms with Crippen molar-refractivity contribution in [2.75, 3.05) is 43.1 Å². The van der Waals surface area contributed by atoms with Gasteiger partial charge < -0.3 is 24.7 Å². The lowest BCUT2D eigenvalue weighted by Gasteiger charge is -2.37. The van der Waals surface area contributed by atoms with Crippen LogP contribution in [0.4, 0.5) is 21.7 Å². The van der Waals surface area contributed by atoms with Crippen LogP contribution in [-0.4, -0.2) is 47.8 Å². The van der Waals surface area contributed by atoms with Crippen LogP contribution in [0.2, 0.25) is 0 Å². The van der Waals surface area contributed by atoms with Crippen LogP contribution in [0.5, 0.6) is 5.75 Å². The van der Waals surface area contributed by atoms with Crippen molar-refractivity contribution in [3.63, 3.8) is 0 Å². The first kappa shape index (κ1) is 25.3. The molecule has 0 spiro atoms. The van der Waals surface area contributed by atoms with Gasteiger partial charge in [0.2, 0.25) is 11.6 Å². The largest absolute Gasteiger partial charge is 0.494 e. The third-order valence-electron chi connectivity index (χ3n) is 6.97. The third kappa shape index (κ3) is 5.04. The molecule has 1 saturated heterocycles. The summed E-state index contributed by atoms with van der Waals surface area (Å²) in [6, 6.07) is 22.9. The lowest BCUT2D eigenvalue weighted by Crippen LogP contribution is -2.47. The summed E-state index contributed by atoms with van der Waals surface area (Å²) in [7, 11) is 1.46. The van der Waals surface area contributed by atoms with Crippen molar-refractivity contribution in [1.82, 2.24) is 9.55 Å². The topological polar surface area (TPSA) is 76.7 Å². The molecule has 0 radical (unpaired) electrons. The van der Waals surface area contributed by atoms with Crippen molar-refractivity contribution in [2.45, 2.75) is 19.9 Å². The smallest absolute Gasteiger partial charge is 0.406 e. The van der Waals surface area contributed by atoms with Crippen LogP contribution < -0.4 is 14.5 Å². The van der Waals surface area contributed by atoms with E-state index in [1.54, 1.807) is 12.1 Å². The maximum atomic E-state index is 13.8. The monoisotopic (exact) mass is 515 g/mol. The molecule has 9 heteroatoms. The normalized spacial score (nSPS) is 13.6. The Hall–Kier alpha value is -4.40. The lowest BCUT2D eigenvalue weighted by molar-refractivity contribution is -0.388. The number of imidazole rings is 1. The van der Waals surface area contributed by atoms with E-state index >= 15 is 0 Å². The Labute approximate surface area is 221 Å². The number of nitrogens with zero attached hydrogens (tertiary/aromatic N) is 5. The molecule has 0 N–H and O–H groups in total. The second-order valence-electron chi connectivity index (χ2n) is 9.23. The molecule has 1 aromatic heterocycles. The fourth-order valence-corrected chi connectivity index (χ4v) is 4.99. The highest BCUT2D eigenvalue weighted by Gasteiger charge is 2.32. The second kappa shape index (κ2) is 10.9. The quantitative estimate of drug-likeness (QED) is 0.226. The number of benzene rings is 3. The average molecular weight is 516 g/mol. The highest BCUT2D eigenvalue weighted by molar-refractivity contribution is 5.68. The van der Waals surface area contributed by atoms with Crippen LogP contribution in [-0.2, 0) is 13.0 Å². The predicted octanol–water partition coefficient (Wildman–Crippen LogP) is 5.54. The standard InChI is InChI=1S/C29H30FN5O3/c1-3-27-31-28(35(36)37)29(34(27)20-21-7-5-4-6-8-21)33-17-15-32(16-18-33)24-12-9-22(10-13-24)23-11-14-25(30)26(19-23)38-2/h4-14,19H,3,15-18,20H2,1-2H3. The zero-order valence-corrected chi connectivity index (χ0v) is 21.5. The van der Waals surface area contributed by atoms with Crippen molar-refractivity contribution >= 4 is 17.3 Å². The summed E-state index contributed by atoms with van der Waals surface area (Å²) in [4.78, 5) is 20.4. The average Bonchev–Trinajstić information content (AvgIpc) is 3.32. The number of piperazine rings is 1. The minimum absolute atomic E-state index is 0.0784. The van der Waals surface area contributed by atoms with Crippen molar-refractivity contribution in [3.8, 4) is 16.9 Å². The van der Waals surface area contributed by atoms with Gasteiger partial charge in [-0.05, 0) is 50.9 Å². The molecular weight excluding hydrogens is 485 g/mol. The van der Waals surface area contributed by atoms with Gasteiger partial charge in [0, 0.05) is 38.3 Å². The molecule has 0 amide bonds. The molecule has 2 heterocycles. The number of ether oxygens (including phenoxy) is 1. The van der Waals surface area contributed by atoms with Gasteiger partial charge in [0.1, 0.15) is 0 Å². The van der Waals surface area contributed by atoms with E-state index in [0.29, 0.717) is 37.7 Å². The molecule has 0 saturated carbocycles. The zero-order chi connectivity index (χ0) is 26.6. The van der Waals surface area contributed by atoms with E-state index in [1.807, 2.05) is 54.0 Å². The Bertz CT molecular complexity index is 1410. The minimum Gasteiger partial charge on any atom is -0.494 e. The van der Waals surface area contributed by atoms with E-state index in [-0.39, 0.29) is 22.3 Å². The molecule has 0 atom stereocenters. The molecule has 5 rings (SSSR count). The first-order valence-corrected chi connectivity index (χ1v) is 12.7.